The van der Waals surface area contributed by atoms with Crippen molar-refractivity contribution in [3.05, 3.63) is 51.0 Å². The van der Waals surface area contributed by atoms with E-state index in [0.717, 1.165) is 0 Å². The Hall–Kier alpha value is -1.59. The zero-order valence-electron chi connectivity index (χ0n) is 7.80. The molecular formula is C9H5Cl2N3O2. The maximum atomic E-state index is 10.5. The first-order valence-corrected chi connectivity index (χ1v) is 4.98. The van der Waals surface area contributed by atoms with Crippen LogP contribution >= 0.6 is 23.2 Å². The molecule has 0 saturated carbocycles. The van der Waals surface area contributed by atoms with Gasteiger partial charge in [-0.1, -0.05) is 23.2 Å². The second-order valence-electron chi connectivity index (χ2n) is 2.97. The number of nitrogens with zero attached hydrogens (tertiary/aromatic N) is 3. The fourth-order valence-corrected chi connectivity index (χ4v) is 1.55. The molecule has 0 spiro atoms. The van der Waals surface area contributed by atoms with Crippen LogP contribution in [-0.4, -0.2) is 14.5 Å². The van der Waals surface area contributed by atoms with Crippen molar-refractivity contribution in [1.29, 1.82) is 0 Å². The number of rotatable bonds is 2. The van der Waals surface area contributed by atoms with Gasteiger partial charge in [-0.15, -0.1) is 0 Å². The fourth-order valence-electron chi connectivity index (χ4n) is 1.23. The third-order valence-corrected chi connectivity index (χ3v) is 2.74. The van der Waals surface area contributed by atoms with Gasteiger partial charge in [0, 0.05) is 17.8 Å². The first-order valence-electron chi connectivity index (χ1n) is 4.23. The van der Waals surface area contributed by atoms with Crippen LogP contribution in [0.2, 0.25) is 10.3 Å². The van der Waals surface area contributed by atoms with E-state index in [2.05, 4.69) is 4.98 Å². The number of nitro benzene ring substituents is 1. The number of halogens is 2. The van der Waals surface area contributed by atoms with Crippen molar-refractivity contribution in [3.63, 3.8) is 0 Å². The number of imidazole rings is 1. The van der Waals surface area contributed by atoms with Gasteiger partial charge in [0.05, 0.1) is 4.92 Å². The van der Waals surface area contributed by atoms with Gasteiger partial charge >= 0.3 is 0 Å². The van der Waals surface area contributed by atoms with E-state index >= 15 is 0 Å². The van der Waals surface area contributed by atoms with E-state index in [4.69, 9.17) is 23.2 Å². The smallest absolute Gasteiger partial charge is 0.269 e. The number of nitro groups is 1. The summed E-state index contributed by atoms with van der Waals surface area (Å²) in [6, 6.07) is 5.92. The summed E-state index contributed by atoms with van der Waals surface area (Å²) in [7, 11) is 0. The average molecular weight is 258 g/mol. The number of benzene rings is 1. The molecule has 0 bridgehead atoms. The molecule has 82 valence electrons. The Labute approximate surface area is 100 Å². The van der Waals surface area contributed by atoms with Crippen molar-refractivity contribution < 1.29 is 4.92 Å². The predicted octanol–water partition coefficient (Wildman–Crippen LogP) is 3.09. The molecular weight excluding hydrogens is 253 g/mol. The number of hydrogen-bond donors (Lipinski definition) is 0. The van der Waals surface area contributed by atoms with Gasteiger partial charge < -0.3 is 0 Å². The van der Waals surface area contributed by atoms with E-state index in [1.165, 1.54) is 23.0 Å². The first-order chi connectivity index (χ1) is 7.59. The van der Waals surface area contributed by atoms with Crippen molar-refractivity contribution in [2.45, 2.75) is 0 Å². The number of non-ortho nitro benzene ring substituents is 1. The van der Waals surface area contributed by atoms with Gasteiger partial charge in [-0.3, -0.25) is 14.7 Å². The summed E-state index contributed by atoms with van der Waals surface area (Å²) in [6.45, 7) is 0. The van der Waals surface area contributed by atoms with Crippen LogP contribution in [0.5, 0.6) is 0 Å². The van der Waals surface area contributed by atoms with Gasteiger partial charge in [-0.25, -0.2) is 4.98 Å². The van der Waals surface area contributed by atoms with Crippen LogP contribution in [0, 0.1) is 10.1 Å². The lowest BCUT2D eigenvalue weighted by Gasteiger charge is -2.02. The fraction of sp³-hybridized carbons (Fsp3) is 0. The summed E-state index contributed by atoms with van der Waals surface area (Å²) in [5.41, 5.74) is 0.682. The normalized spacial score (nSPS) is 10.4. The monoisotopic (exact) mass is 257 g/mol. The Morgan fingerprint density at radius 3 is 2.31 bits per heavy atom. The SMILES string of the molecule is O=[N+]([O-])c1ccc(-n2cnc(Cl)c2Cl)cc1. The topological polar surface area (TPSA) is 61.0 Å². The van der Waals surface area contributed by atoms with E-state index < -0.39 is 4.92 Å². The summed E-state index contributed by atoms with van der Waals surface area (Å²) in [6.07, 6.45) is 1.45. The van der Waals surface area contributed by atoms with Gasteiger partial charge in [0.1, 0.15) is 6.33 Å². The Morgan fingerprint density at radius 1 is 1.25 bits per heavy atom. The van der Waals surface area contributed by atoms with Crippen LogP contribution < -0.4 is 0 Å². The molecule has 0 radical (unpaired) electrons. The molecule has 0 amide bonds. The molecule has 0 aliphatic heterocycles. The lowest BCUT2D eigenvalue weighted by Crippen LogP contribution is -1.93. The summed E-state index contributed by atoms with van der Waals surface area (Å²) in [5, 5.41) is 10.9. The van der Waals surface area contributed by atoms with Crippen molar-refractivity contribution in [1.82, 2.24) is 9.55 Å². The maximum Gasteiger partial charge on any atom is 0.269 e. The van der Waals surface area contributed by atoms with Gasteiger partial charge in [0.25, 0.3) is 5.69 Å². The number of hydrogen-bond acceptors (Lipinski definition) is 3. The van der Waals surface area contributed by atoms with Crippen LogP contribution in [-0.2, 0) is 0 Å². The minimum absolute atomic E-state index is 0.0195. The molecule has 1 aromatic carbocycles. The molecule has 2 rings (SSSR count). The van der Waals surface area contributed by atoms with Crippen LogP contribution in [0.15, 0.2) is 30.6 Å². The summed E-state index contributed by atoms with van der Waals surface area (Å²) in [5.74, 6) is 0. The average Bonchev–Trinajstić information content (AvgIpc) is 2.60. The Bertz CT molecular complexity index is 536. The molecule has 0 aliphatic rings. The lowest BCUT2D eigenvalue weighted by molar-refractivity contribution is -0.384. The third kappa shape index (κ3) is 1.87. The van der Waals surface area contributed by atoms with Gasteiger partial charge in [-0.05, 0) is 12.1 Å². The Kier molecular flexibility index (Phi) is 2.80. The first kappa shape index (κ1) is 10.9. The van der Waals surface area contributed by atoms with Gasteiger partial charge in [0.2, 0.25) is 0 Å². The second-order valence-corrected chi connectivity index (χ2v) is 3.69. The van der Waals surface area contributed by atoms with E-state index in [-0.39, 0.29) is 16.0 Å². The highest BCUT2D eigenvalue weighted by Crippen LogP contribution is 2.24. The molecule has 0 fully saturated rings. The van der Waals surface area contributed by atoms with Crippen molar-refractivity contribution in [2.24, 2.45) is 0 Å². The van der Waals surface area contributed by atoms with Crippen molar-refractivity contribution in [2.75, 3.05) is 0 Å². The summed E-state index contributed by atoms with van der Waals surface area (Å²) >= 11 is 11.6. The second kappa shape index (κ2) is 4.11. The quantitative estimate of drug-likeness (QED) is 0.614. The molecule has 2 aromatic rings. The molecule has 0 unspecified atom stereocenters. The van der Waals surface area contributed by atoms with E-state index in [1.807, 2.05) is 0 Å². The zero-order valence-corrected chi connectivity index (χ0v) is 9.31. The zero-order chi connectivity index (χ0) is 11.7. The highest BCUT2D eigenvalue weighted by atomic mass is 35.5. The van der Waals surface area contributed by atoms with E-state index in [9.17, 15) is 10.1 Å². The van der Waals surface area contributed by atoms with Gasteiger partial charge in [-0.2, -0.15) is 0 Å². The van der Waals surface area contributed by atoms with Gasteiger partial charge in [0.15, 0.2) is 10.3 Å². The number of aromatic nitrogens is 2. The van der Waals surface area contributed by atoms with E-state index in [1.54, 1.807) is 12.1 Å². The Balaban J connectivity index is 2.42. The van der Waals surface area contributed by atoms with Crippen molar-refractivity contribution >= 4 is 28.9 Å². The van der Waals surface area contributed by atoms with Crippen LogP contribution in [0.25, 0.3) is 5.69 Å². The third-order valence-electron chi connectivity index (χ3n) is 2.01. The summed E-state index contributed by atoms with van der Waals surface area (Å²) in [4.78, 5) is 13.8. The molecule has 1 aromatic heterocycles. The predicted molar refractivity (Wildman–Crippen MR) is 60.2 cm³/mol. The van der Waals surface area contributed by atoms with Crippen LogP contribution in [0.3, 0.4) is 0 Å². The highest BCUT2D eigenvalue weighted by molar-refractivity contribution is 6.40. The molecule has 0 atom stereocenters. The van der Waals surface area contributed by atoms with Crippen LogP contribution in [0.1, 0.15) is 0 Å². The highest BCUT2D eigenvalue weighted by Gasteiger charge is 2.09. The minimum atomic E-state index is -0.466. The maximum absolute atomic E-state index is 10.5. The molecule has 1 heterocycles. The molecule has 5 nitrogen and oxygen atoms in total. The lowest BCUT2D eigenvalue weighted by atomic mass is 10.3. The van der Waals surface area contributed by atoms with E-state index in [0.29, 0.717) is 5.69 Å². The molecule has 0 N–H and O–H groups in total. The standard InChI is InChI=1S/C9H5Cl2N3O2/c10-8-9(11)13(5-12-8)6-1-3-7(4-2-6)14(15)16/h1-5H. The summed E-state index contributed by atoms with van der Waals surface area (Å²) < 4.78 is 1.54. The Morgan fingerprint density at radius 2 is 1.88 bits per heavy atom. The molecule has 0 saturated heterocycles. The van der Waals surface area contributed by atoms with Crippen molar-refractivity contribution in [3.8, 4) is 5.69 Å². The molecule has 0 aliphatic carbocycles. The minimum Gasteiger partial charge on any atom is -0.288 e. The molecule has 16 heavy (non-hydrogen) atoms. The molecule has 7 heteroatoms. The largest absolute Gasteiger partial charge is 0.288 e. The van der Waals surface area contributed by atoms with Crippen LogP contribution in [0.4, 0.5) is 5.69 Å².